The molecule has 0 radical (unpaired) electrons. The summed E-state index contributed by atoms with van der Waals surface area (Å²) < 4.78 is 6.78. The fraction of sp³-hybridized carbons (Fsp3) is 0.692. The maximum absolute atomic E-state index is 6.26. The van der Waals surface area contributed by atoms with Crippen LogP contribution in [0.3, 0.4) is 0 Å². The van der Waals surface area contributed by atoms with E-state index in [9.17, 15) is 0 Å². The Morgan fingerprint density at radius 1 is 1.59 bits per heavy atom. The second-order valence-electron chi connectivity index (χ2n) is 4.86. The molecule has 2 rings (SSSR count). The lowest BCUT2D eigenvalue weighted by atomic mass is 9.78. The Morgan fingerprint density at radius 3 is 2.82 bits per heavy atom. The molecular formula is C13H20BrNOS. The molecule has 1 saturated carbocycles. The molecule has 4 heteroatoms. The molecule has 17 heavy (non-hydrogen) atoms. The normalized spacial score (nSPS) is 25.6. The molecular weight excluding hydrogens is 298 g/mol. The monoisotopic (exact) mass is 317 g/mol. The van der Waals surface area contributed by atoms with Gasteiger partial charge in [0.15, 0.2) is 0 Å². The Bertz CT molecular complexity index is 354. The molecule has 1 aromatic rings. The Balaban J connectivity index is 1.80. The van der Waals surface area contributed by atoms with Crippen LogP contribution in [0.5, 0.6) is 0 Å². The summed E-state index contributed by atoms with van der Waals surface area (Å²) in [7, 11) is 0. The minimum Gasteiger partial charge on any atom is -0.378 e. The Morgan fingerprint density at radius 2 is 2.29 bits per heavy atom. The summed E-state index contributed by atoms with van der Waals surface area (Å²) in [6.07, 6.45) is 3.96. The van der Waals surface area contributed by atoms with Crippen LogP contribution < -0.4 is 5.73 Å². The minimum atomic E-state index is 0.192. The summed E-state index contributed by atoms with van der Waals surface area (Å²) >= 11 is 5.33. The number of aryl methyl sites for hydroxylation is 1. The number of rotatable bonds is 5. The zero-order valence-corrected chi connectivity index (χ0v) is 12.8. The average Bonchev–Trinajstić information content (AvgIpc) is 2.56. The van der Waals surface area contributed by atoms with Crippen LogP contribution in [-0.2, 0) is 4.74 Å². The van der Waals surface area contributed by atoms with Gasteiger partial charge in [-0.1, -0.05) is 0 Å². The second-order valence-corrected chi connectivity index (χ2v) is 7.26. The molecule has 96 valence electrons. The lowest BCUT2D eigenvalue weighted by Crippen LogP contribution is -2.33. The fourth-order valence-electron chi connectivity index (χ4n) is 2.38. The summed E-state index contributed by atoms with van der Waals surface area (Å²) in [6.45, 7) is 5.01. The van der Waals surface area contributed by atoms with Crippen molar-refractivity contribution in [1.82, 2.24) is 0 Å². The second kappa shape index (κ2) is 5.83. The first-order valence-corrected chi connectivity index (χ1v) is 7.84. The van der Waals surface area contributed by atoms with Crippen molar-refractivity contribution in [3.05, 3.63) is 20.3 Å². The van der Waals surface area contributed by atoms with Crippen molar-refractivity contribution in [1.29, 1.82) is 0 Å². The van der Waals surface area contributed by atoms with Gasteiger partial charge in [-0.15, -0.1) is 11.3 Å². The molecule has 0 aliphatic heterocycles. The van der Waals surface area contributed by atoms with E-state index in [1.54, 1.807) is 11.3 Å². The van der Waals surface area contributed by atoms with Crippen LogP contribution in [-0.4, -0.2) is 12.7 Å². The van der Waals surface area contributed by atoms with Gasteiger partial charge in [0, 0.05) is 17.5 Å². The van der Waals surface area contributed by atoms with E-state index in [1.807, 2.05) is 0 Å². The summed E-state index contributed by atoms with van der Waals surface area (Å²) in [4.78, 5) is 1.30. The van der Waals surface area contributed by atoms with E-state index in [0.717, 1.165) is 18.9 Å². The molecule has 1 aliphatic carbocycles. The quantitative estimate of drug-likeness (QED) is 0.890. The molecule has 1 fully saturated rings. The van der Waals surface area contributed by atoms with Gasteiger partial charge in [0.1, 0.15) is 0 Å². The molecule has 1 aromatic heterocycles. The number of nitrogens with two attached hydrogens (primary N) is 1. The zero-order chi connectivity index (χ0) is 12.4. The molecule has 2 nitrogen and oxygen atoms in total. The number of thiophene rings is 1. The molecule has 0 amide bonds. The molecule has 1 heterocycles. The van der Waals surface area contributed by atoms with Gasteiger partial charge in [-0.25, -0.2) is 0 Å². The number of ether oxygens (including phenoxy) is 1. The molecule has 0 spiro atoms. The van der Waals surface area contributed by atoms with Crippen LogP contribution in [0.2, 0.25) is 0 Å². The predicted molar refractivity (Wildman–Crippen MR) is 76.4 cm³/mol. The Hall–Kier alpha value is 0.1000. The van der Waals surface area contributed by atoms with E-state index < -0.39 is 0 Å². The highest BCUT2D eigenvalue weighted by molar-refractivity contribution is 9.11. The van der Waals surface area contributed by atoms with E-state index in [2.05, 4.69) is 35.8 Å². The van der Waals surface area contributed by atoms with Crippen molar-refractivity contribution in [2.24, 2.45) is 11.7 Å². The summed E-state index contributed by atoms with van der Waals surface area (Å²) in [5, 5.41) is 0. The molecule has 2 N–H and O–H groups in total. The number of hydrogen-bond acceptors (Lipinski definition) is 3. The average molecular weight is 318 g/mol. The van der Waals surface area contributed by atoms with Crippen LogP contribution >= 0.6 is 27.3 Å². The van der Waals surface area contributed by atoms with Gasteiger partial charge in [0.25, 0.3) is 0 Å². The third-order valence-electron chi connectivity index (χ3n) is 3.42. The first-order chi connectivity index (χ1) is 8.10. The van der Waals surface area contributed by atoms with Crippen molar-refractivity contribution < 1.29 is 4.74 Å². The van der Waals surface area contributed by atoms with Crippen LogP contribution in [0, 0.1) is 12.8 Å². The standard InChI is InChI=1S/C13H20BrNOS/c1-3-16-10-5-9(6-10)7-11(15)12-4-8(2)13(14)17-12/h4,9-11H,3,5-7,15H2,1-2H3. The third kappa shape index (κ3) is 3.31. The summed E-state index contributed by atoms with van der Waals surface area (Å²) in [6, 6.07) is 2.40. The molecule has 1 aliphatic rings. The van der Waals surface area contributed by atoms with Gasteiger partial charge < -0.3 is 10.5 Å². The Kier molecular flexibility index (Phi) is 4.64. The van der Waals surface area contributed by atoms with Gasteiger partial charge >= 0.3 is 0 Å². The van der Waals surface area contributed by atoms with Crippen LogP contribution in [0.4, 0.5) is 0 Å². The molecule has 0 aromatic carbocycles. The molecule has 0 saturated heterocycles. The Labute approximate surface area is 116 Å². The highest BCUT2D eigenvalue weighted by Gasteiger charge is 2.31. The summed E-state index contributed by atoms with van der Waals surface area (Å²) in [5.74, 6) is 0.753. The van der Waals surface area contributed by atoms with Gasteiger partial charge in [-0.2, -0.15) is 0 Å². The van der Waals surface area contributed by atoms with E-state index in [0.29, 0.717) is 6.10 Å². The third-order valence-corrected chi connectivity index (χ3v) is 5.69. The van der Waals surface area contributed by atoms with Crippen LogP contribution in [0.25, 0.3) is 0 Å². The van der Waals surface area contributed by atoms with E-state index >= 15 is 0 Å². The lowest BCUT2D eigenvalue weighted by molar-refractivity contribution is -0.0281. The van der Waals surface area contributed by atoms with E-state index in [1.165, 1.54) is 27.1 Å². The van der Waals surface area contributed by atoms with Crippen molar-refractivity contribution in [3.63, 3.8) is 0 Å². The van der Waals surface area contributed by atoms with E-state index in [4.69, 9.17) is 10.5 Å². The zero-order valence-electron chi connectivity index (χ0n) is 10.4. The smallest absolute Gasteiger partial charge is 0.0731 e. The largest absolute Gasteiger partial charge is 0.378 e. The molecule has 0 bridgehead atoms. The maximum atomic E-state index is 6.26. The minimum absolute atomic E-state index is 0.192. The van der Waals surface area contributed by atoms with Gasteiger partial charge in [0.2, 0.25) is 0 Å². The molecule has 1 unspecified atom stereocenters. The van der Waals surface area contributed by atoms with Crippen molar-refractivity contribution in [2.45, 2.75) is 45.3 Å². The maximum Gasteiger partial charge on any atom is 0.0731 e. The topological polar surface area (TPSA) is 35.2 Å². The molecule has 1 atom stereocenters. The van der Waals surface area contributed by atoms with E-state index in [-0.39, 0.29) is 6.04 Å². The highest BCUT2D eigenvalue weighted by Crippen LogP contribution is 2.39. The van der Waals surface area contributed by atoms with Gasteiger partial charge in [-0.3, -0.25) is 0 Å². The SMILES string of the molecule is CCOC1CC(CC(N)c2cc(C)c(Br)s2)C1. The lowest BCUT2D eigenvalue weighted by Gasteiger charge is -2.36. The van der Waals surface area contributed by atoms with Crippen molar-refractivity contribution >= 4 is 27.3 Å². The first kappa shape index (κ1) is 13.5. The van der Waals surface area contributed by atoms with Crippen molar-refractivity contribution in [2.75, 3.05) is 6.61 Å². The van der Waals surface area contributed by atoms with Crippen LogP contribution in [0.1, 0.15) is 42.7 Å². The number of hydrogen-bond donors (Lipinski definition) is 1. The van der Waals surface area contributed by atoms with Gasteiger partial charge in [0.05, 0.1) is 9.89 Å². The van der Waals surface area contributed by atoms with Crippen LogP contribution in [0.15, 0.2) is 9.85 Å². The predicted octanol–water partition coefficient (Wildman–Crippen LogP) is 4.02. The van der Waals surface area contributed by atoms with Crippen molar-refractivity contribution in [3.8, 4) is 0 Å². The first-order valence-electron chi connectivity index (χ1n) is 6.23. The fourth-order valence-corrected chi connectivity index (χ4v) is 3.97. The summed E-state index contributed by atoms with van der Waals surface area (Å²) in [5.41, 5.74) is 7.55. The van der Waals surface area contributed by atoms with Gasteiger partial charge in [-0.05, 0) is 66.6 Å². The highest BCUT2D eigenvalue weighted by atomic mass is 79.9. The number of halogens is 1.